The van der Waals surface area contributed by atoms with Crippen LogP contribution < -0.4 is 0 Å². The fourth-order valence-electron chi connectivity index (χ4n) is 3.48. The van der Waals surface area contributed by atoms with Crippen LogP contribution in [-0.2, 0) is 6.42 Å². The molecule has 4 aromatic rings. The minimum Gasteiger partial charge on any atom is -0.389 e. The zero-order chi connectivity index (χ0) is 20.4. The van der Waals surface area contributed by atoms with Gasteiger partial charge in [-0.25, -0.2) is 9.97 Å². The molecular formula is C25H24N2OS. The second kappa shape index (κ2) is 8.27. The summed E-state index contributed by atoms with van der Waals surface area (Å²) in [5.41, 5.74) is 6.80. The van der Waals surface area contributed by atoms with Crippen molar-refractivity contribution in [2.45, 2.75) is 33.3 Å². The van der Waals surface area contributed by atoms with E-state index in [9.17, 15) is 5.11 Å². The third-order valence-electron chi connectivity index (χ3n) is 5.01. The lowest BCUT2D eigenvalue weighted by Gasteiger charge is -2.07. The first kappa shape index (κ1) is 19.5. The highest BCUT2D eigenvalue weighted by Gasteiger charge is 2.10. The maximum Gasteiger partial charge on any atom is 0.133 e. The molecule has 0 fully saturated rings. The molecule has 1 atom stereocenters. The molecule has 4 heteroatoms. The van der Waals surface area contributed by atoms with Crippen LogP contribution in [0.5, 0.6) is 0 Å². The first-order valence-electron chi connectivity index (χ1n) is 9.76. The standard InChI is InChI=1S/C25H24N2OS/c1-16-7-8-21(17(2)13-16)23-9-10-24(29-23)22-11-12-26-25(27-22)15-19-5-4-6-20(14-19)18(3)28/h4-14,18,28H,15H2,1-3H3. The molecule has 0 aliphatic heterocycles. The van der Waals surface area contributed by atoms with Crippen LogP contribution in [0.15, 0.2) is 66.9 Å². The Morgan fingerprint density at radius 2 is 1.79 bits per heavy atom. The Bertz CT molecular complexity index is 1150. The summed E-state index contributed by atoms with van der Waals surface area (Å²) in [6.45, 7) is 6.06. The summed E-state index contributed by atoms with van der Waals surface area (Å²) >= 11 is 1.76. The first-order valence-corrected chi connectivity index (χ1v) is 10.6. The Kier molecular flexibility index (Phi) is 5.56. The predicted octanol–water partition coefficient (Wildman–Crippen LogP) is 6.13. The summed E-state index contributed by atoms with van der Waals surface area (Å²) < 4.78 is 0. The summed E-state index contributed by atoms with van der Waals surface area (Å²) in [7, 11) is 0. The highest BCUT2D eigenvalue weighted by atomic mass is 32.1. The van der Waals surface area contributed by atoms with E-state index in [0.29, 0.717) is 6.42 Å². The Labute approximate surface area is 175 Å². The van der Waals surface area contributed by atoms with Crippen molar-refractivity contribution in [3.8, 4) is 21.0 Å². The van der Waals surface area contributed by atoms with E-state index in [1.54, 1.807) is 18.3 Å². The molecule has 29 heavy (non-hydrogen) atoms. The molecule has 1 N–H and O–H groups in total. The molecule has 0 saturated heterocycles. The van der Waals surface area contributed by atoms with Crippen molar-refractivity contribution in [3.05, 3.63) is 94.9 Å². The van der Waals surface area contributed by atoms with Gasteiger partial charge in [-0.2, -0.15) is 0 Å². The van der Waals surface area contributed by atoms with Crippen LogP contribution in [0.3, 0.4) is 0 Å². The summed E-state index contributed by atoms with van der Waals surface area (Å²) in [4.78, 5) is 11.6. The van der Waals surface area contributed by atoms with Gasteiger partial charge in [-0.15, -0.1) is 11.3 Å². The summed E-state index contributed by atoms with van der Waals surface area (Å²) in [5, 5.41) is 9.81. The molecule has 0 bridgehead atoms. The van der Waals surface area contributed by atoms with Gasteiger partial charge < -0.3 is 5.11 Å². The van der Waals surface area contributed by atoms with E-state index in [2.05, 4.69) is 49.2 Å². The van der Waals surface area contributed by atoms with E-state index in [0.717, 1.165) is 27.5 Å². The third kappa shape index (κ3) is 4.44. The van der Waals surface area contributed by atoms with Gasteiger partial charge in [-0.1, -0.05) is 48.0 Å². The number of rotatable bonds is 5. The number of hydrogen-bond acceptors (Lipinski definition) is 4. The summed E-state index contributed by atoms with van der Waals surface area (Å²) in [6.07, 6.45) is 1.99. The van der Waals surface area contributed by atoms with Gasteiger partial charge in [-0.05, 0) is 61.2 Å². The second-order valence-corrected chi connectivity index (χ2v) is 8.52. The number of aliphatic hydroxyl groups excluding tert-OH is 1. The van der Waals surface area contributed by atoms with Gasteiger partial charge in [0.05, 0.1) is 16.7 Å². The smallest absolute Gasteiger partial charge is 0.133 e. The molecule has 1 unspecified atom stereocenters. The molecule has 4 rings (SSSR count). The van der Waals surface area contributed by atoms with Gasteiger partial charge in [0.2, 0.25) is 0 Å². The quantitative estimate of drug-likeness (QED) is 0.438. The SMILES string of the molecule is Cc1ccc(-c2ccc(-c3ccnc(Cc4cccc(C(C)O)c4)n3)s2)c(C)c1. The van der Waals surface area contributed by atoms with E-state index < -0.39 is 6.10 Å². The minimum absolute atomic E-state index is 0.475. The predicted molar refractivity (Wildman–Crippen MR) is 120 cm³/mol. The van der Waals surface area contributed by atoms with Crippen molar-refractivity contribution >= 4 is 11.3 Å². The van der Waals surface area contributed by atoms with E-state index in [1.165, 1.54) is 21.6 Å². The van der Waals surface area contributed by atoms with Gasteiger partial charge in [0, 0.05) is 17.5 Å². The van der Waals surface area contributed by atoms with E-state index in [-0.39, 0.29) is 0 Å². The maximum absolute atomic E-state index is 9.81. The van der Waals surface area contributed by atoms with Crippen LogP contribution in [0.2, 0.25) is 0 Å². The topological polar surface area (TPSA) is 46.0 Å². The maximum atomic E-state index is 9.81. The number of thiophene rings is 1. The lowest BCUT2D eigenvalue weighted by atomic mass is 10.0. The average Bonchev–Trinajstić information content (AvgIpc) is 3.18. The molecule has 0 amide bonds. The van der Waals surface area contributed by atoms with Crippen molar-refractivity contribution in [1.29, 1.82) is 0 Å². The Morgan fingerprint density at radius 1 is 0.966 bits per heavy atom. The molecule has 2 aromatic heterocycles. The van der Waals surface area contributed by atoms with Crippen molar-refractivity contribution < 1.29 is 5.11 Å². The molecule has 2 aromatic carbocycles. The fourth-order valence-corrected chi connectivity index (χ4v) is 4.54. The zero-order valence-electron chi connectivity index (χ0n) is 16.9. The molecular weight excluding hydrogens is 376 g/mol. The van der Waals surface area contributed by atoms with E-state index >= 15 is 0 Å². The highest BCUT2D eigenvalue weighted by molar-refractivity contribution is 7.18. The van der Waals surface area contributed by atoms with Gasteiger partial charge in [0.25, 0.3) is 0 Å². The lowest BCUT2D eigenvalue weighted by molar-refractivity contribution is 0.199. The van der Waals surface area contributed by atoms with Crippen molar-refractivity contribution in [2.75, 3.05) is 0 Å². The van der Waals surface area contributed by atoms with Crippen LogP contribution in [0.4, 0.5) is 0 Å². The molecule has 0 spiro atoms. The van der Waals surface area contributed by atoms with Crippen molar-refractivity contribution in [1.82, 2.24) is 9.97 Å². The fraction of sp³-hybridized carbons (Fsp3) is 0.200. The van der Waals surface area contributed by atoms with Crippen LogP contribution in [-0.4, -0.2) is 15.1 Å². The molecule has 146 valence electrons. The number of aromatic nitrogens is 2. The van der Waals surface area contributed by atoms with E-state index in [1.807, 2.05) is 36.5 Å². The van der Waals surface area contributed by atoms with Gasteiger partial charge >= 0.3 is 0 Å². The second-order valence-electron chi connectivity index (χ2n) is 7.44. The van der Waals surface area contributed by atoms with Crippen molar-refractivity contribution in [2.24, 2.45) is 0 Å². The van der Waals surface area contributed by atoms with Crippen LogP contribution in [0, 0.1) is 13.8 Å². The summed E-state index contributed by atoms with van der Waals surface area (Å²) in [6, 6.07) is 20.8. The first-order chi connectivity index (χ1) is 14.0. The zero-order valence-corrected chi connectivity index (χ0v) is 17.7. The molecule has 3 nitrogen and oxygen atoms in total. The minimum atomic E-state index is -0.475. The van der Waals surface area contributed by atoms with Crippen molar-refractivity contribution in [3.63, 3.8) is 0 Å². The van der Waals surface area contributed by atoms with Gasteiger partial charge in [-0.3, -0.25) is 0 Å². The van der Waals surface area contributed by atoms with Crippen LogP contribution in [0.25, 0.3) is 21.0 Å². The van der Waals surface area contributed by atoms with Gasteiger partial charge in [0.1, 0.15) is 5.82 Å². The highest BCUT2D eigenvalue weighted by Crippen LogP contribution is 2.35. The monoisotopic (exact) mass is 400 g/mol. The van der Waals surface area contributed by atoms with Gasteiger partial charge in [0.15, 0.2) is 0 Å². The Morgan fingerprint density at radius 3 is 2.59 bits per heavy atom. The Hall–Kier alpha value is -2.82. The normalized spacial score (nSPS) is 12.1. The number of aliphatic hydroxyl groups is 1. The number of benzene rings is 2. The molecule has 0 saturated carbocycles. The molecule has 0 aliphatic carbocycles. The van der Waals surface area contributed by atoms with Crippen LogP contribution in [0.1, 0.15) is 41.1 Å². The van der Waals surface area contributed by atoms with Crippen LogP contribution >= 0.6 is 11.3 Å². The number of nitrogens with zero attached hydrogens (tertiary/aromatic N) is 2. The third-order valence-corrected chi connectivity index (χ3v) is 6.15. The molecule has 0 aliphatic rings. The van der Waals surface area contributed by atoms with E-state index in [4.69, 9.17) is 4.98 Å². The number of aryl methyl sites for hydroxylation is 2. The lowest BCUT2D eigenvalue weighted by Crippen LogP contribution is -1.99. The summed E-state index contributed by atoms with van der Waals surface area (Å²) in [5.74, 6) is 0.784. The largest absolute Gasteiger partial charge is 0.389 e. The molecule has 0 radical (unpaired) electrons. The average molecular weight is 401 g/mol. The molecule has 2 heterocycles. The Balaban J connectivity index is 1.59. The number of hydrogen-bond donors (Lipinski definition) is 1.